The van der Waals surface area contributed by atoms with Gasteiger partial charge in [0.15, 0.2) is 0 Å². The van der Waals surface area contributed by atoms with Crippen molar-refractivity contribution >= 4 is 0 Å². The first kappa shape index (κ1) is 9.22. The maximum Gasteiger partial charge on any atom is 0.283 e. The van der Waals surface area contributed by atoms with Crippen LogP contribution in [0.15, 0.2) is 0 Å². The van der Waals surface area contributed by atoms with Crippen LogP contribution in [0.1, 0.15) is 0 Å². The van der Waals surface area contributed by atoms with Gasteiger partial charge in [0.05, 0.1) is 0 Å². The molecule has 0 bridgehead atoms. The second-order valence-electron chi connectivity index (χ2n) is 0.100. The molecule has 1 N–H and O–H groups in total. The number of hydrogen-bond acceptors (Lipinski definition) is 3. The van der Waals surface area contributed by atoms with Crippen LogP contribution < -0.4 is 0 Å². The second kappa shape index (κ2) is 182. The molecule has 0 fully saturated rings. The summed E-state index contributed by atoms with van der Waals surface area (Å²) in [5, 5.41) is 20.0. The summed E-state index contributed by atoms with van der Waals surface area (Å²) in [6.07, 6.45) is 0.750. The lowest BCUT2D eigenvalue weighted by Crippen LogP contribution is -1.27. The molecule has 0 aliphatic carbocycles. The minimum absolute atomic E-state index is 0.750. The first-order valence-electron chi connectivity index (χ1n) is 0.671. The fourth-order valence-electron chi connectivity index (χ4n) is 0. The molecule has 3 nitrogen and oxygen atoms in total. The first-order chi connectivity index (χ1) is 2.41. The highest BCUT2D eigenvalue weighted by atomic mass is 16.2. The third-order valence-corrected chi connectivity index (χ3v) is 0. The highest BCUT2D eigenvalue weighted by Gasteiger charge is 1.16. The van der Waals surface area contributed by atoms with Gasteiger partial charge in [0.25, 0.3) is 6.26 Å². The predicted octanol–water partition coefficient (Wildman–Crippen LogP) is -0.0636. The lowest BCUT2D eigenvalue weighted by molar-refractivity contribution is 0.503. The topological polar surface area (TPSA) is 67.8 Å². The van der Waals surface area contributed by atoms with Crippen molar-refractivity contribution in [3.8, 4) is 6.26 Å². The van der Waals surface area contributed by atoms with Crippen LogP contribution in [0.4, 0.5) is 0 Å². The highest BCUT2D eigenvalue weighted by molar-refractivity contribution is 4.30. The number of nitrogens with zero attached hydrogens (tertiary/aromatic N) is 2. The largest absolute Gasteiger partial charge is 0.512 e. The molecule has 0 aromatic rings. The number of rotatable bonds is 0. The van der Waals surface area contributed by atoms with Gasteiger partial charge in [-0.3, -0.25) is 0 Å². The summed E-state index contributed by atoms with van der Waals surface area (Å²) in [4.78, 5) is 0. The standard InChI is InChI=1S/CHNO.CN/c2-1-3;1-2/h3H;/q;-1. The molecule has 0 spiro atoms. The van der Waals surface area contributed by atoms with Gasteiger partial charge in [-0.2, -0.15) is 5.26 Å². The molecule has 26 valence electrons. The third kappa shape index (κ3) is 1.14. The van der Waals surface area contributed by atoms with E-state index in [2.05, 4.69) is 0 Å². The van der Waals surface area contributed by atoms with Gasteiger partial charge in [-0.15, -0.1) is 0 Å². The molecule has 0 aromatic carbocycles. The van der Waals surface area contributed by atoms with E-state index in [0.717, 1.165) is 6.26 Å². The van der Waals surface area contributed by atoms with E-state index in [1.54, 1.807) is 0 Å². The maximum absolute atomic E-state index is 6.88. The van der Waals surface area contributed by atoms with E-state index in [1.807, 2.05) is 0 Å². The van der Waals surface area contributed by atoms with Gasteiger partial charge in [0.2, 0.25) is 0 Å². The highest BCUT2D eigenvalue weighted by Crippen LogP contribution is 1.06. The van der Waals surface area contributed by atoms with Crippen molar-refractivity contribution in [3.05, 3.63) is 6.57 Å². The Morgan fingerprint density at radius 3 is 1.60 bits per heavy atom. The molecule has 0 saturated heterocycles. The SMILES string of the molecule is N#CO.[C-]#N. The molecule has 0 unspecified atom stereocenters. The Morgan fingerprint density at radius 1 is 1.60 bits per heavy atom. The van der Waals surface area contributed by atoms with Crippen LogP contribution in [0, 0.1) is 23.4 Å². The van der Waals surface area contributed by atoms with Crippen molar-refractivity contribution in [1.29, 1.82) is 10.5 Å². The van der Waals surface area contributed by atoms with Crippen molar-refractivity contribution in [3.63, 3.8) is 0 Å². The zero-order chi connectivity index (χ0) is 4.71. The fraction of sp³-hybridized carbons (Fsp3) is 0. The number of nitriles is 1. The quantitative estimate of drug-likeness (QED) is 0.320. The summed E-state index contributed by atoms with van der Waals surface area (Å²) >= 11 is 0. The van der Waals surface area contributed by atoms with Crippen LogP contribution >= 0.6 is 0 Å². The zero-order valence-corrected chi connectivity index (χ0v) is 2.34. The molecule has 5 heavy (non-hydrogen) atoms. The zero-order valence-electron chi connectivity index (χ0n) is 2.34. The Balaban J connectivity index is 0. The van der Waals surface area contributed by atoms with Crippen LogP contribution in [-0.4, -0.2) is 5.11 Å². The molecule has 0 rings (SSSR count). The van der Waals surface area contributed by atoms with Crippen molar-refractivity contribution in [2.75, 3.05) is 0 Å². The lowest BCUT2D eigenvalue weighted by atomic mass is 11.6. The lowest BCUT2D eigenvalue weighted by Gasteiger charge is -1.25. The normalized spacial score (nSPS) is 1.80. The van der Waals surface area contributed by atoms with Gasteiger partial charge >= 0.3 is 0 Å². The third-order valence-electron chi connectivity index (χ3n) is 0. The summed E-state index contributed by atoms with van der Waals surface area (Å²) in [6.45, 7) is 4.75. The Bertz CT molecular complexity index is 50.4. The Kier molecular flexibility index (Phi) is 336. The average molecular weight is 69.0 g/mol. The van der Waals surface area contributed by atoms with Gasteiger partial charge in [-0.25, -0.2) is 0 Å². The number of hydrogen-bond donors (Lipinski definition) is 1. The van der Waals surface area contributed by atoms with Crippen LogP contribution in [0.2, 0.25) is 0 Å². The van der Waals surface area contributed by atoms with E-state index in [1.165, 1.54) is 0 Å². The summed E-state index contributed by atoms with van der Waals surface area (Å²) in [5.74, 6) is 0. The van der Waals surface area contributed by atoms with Crippen molar-refractivity contribution in [2.45, 2.75) is 0 Å². The summed E-state index contributed by atoms with van der Waals surface area (Å²) in [7, 11) is 0. The van der Waals surface area contributed by atoms with Gasteiger partial charge in [0.1, 0.15) is 0 Å². The molecular weight excluding hydrogens is 68.0 g/mol. The van der Waals surface area contributed by atoms with Crippen LogP contribution in [-0.2, 0) is 0 Å². The molecule has 0 heterocycles. The second-order valence-corrected chi connectivity index (χ2v) is 0.100. The molecule has 0 amide bonds. The van der Waals surface area contributed by atoms with Gasteiger partial charge < -0.3 is 16.9 Å². The summed E-state index contributed by atoms with van der Waals surface area (Å²) < 4.78 is 0. The van der Waals surface area contributed by atoms with E-state index >= 15 is 0 Å². The van der Waals surface area contributed by atoms with Crippen molar-refractivity contribution in [1.82, 2.24) is 0 Å². The average Bonchev–Trinajstić information content (AvgIpc) is 1.46. The van der Waals surface area contributed by atoms with Gasteiger partial charge in [0, 0.05) is 0 Å². The molecule has 0 saturated carbocycles. The van der Waals surface area contributed by atoms with Crippen LogP contribution in [0.3, 0.4) is 0 Å². The van der Waals surface area contributed by atoms with Crippen LogP contribution in [0.5, 0.6) is 0 Å². The van der Waals surface area contributed by atoms with Gasteiger partial charge in [-0.1, -0.05) is 0 Å². The van der Waals surface area contributed by atoms with E-state index in [-0.39, 0.29) is 0 Å². The summed E-state index contributed by atoms with van der Waals surface area (Å²) in [6, 6.07) is 0. The Labute approximate surface area is 29.7 Å². The maximum atomic E-state index is 6.88. The Morgan fingerprint density at radius 2 is 1.60 bits per heavy atom. The molecule has 0 atom stereocenters. The Hall–Kier alpha value is -1.22. The molecular formula is C2HN2O-. The molecule has 3 heteroatoms. The van der Waals surface area contributed by atoms with Crippen LogP contribution in [0.25, 0.3) is 0 Å². The smallest absolute Gasteiger partial charge is 0.283 e. The van der Waals surface area contributed by atoms with Crippen molar-refractivity contribution < 1.29 is 5.11 Å². The number of aliphatic hydroxyl groups is 1. The molecule has 0 aromatic heterocycles. The van der Waals surface area contributed by atoms with E-state index in [0.29, 0.717) is 0 Å². The van der Waals surface area contributed by atoms with Gasteiger partial charge in [-0.05, 0) is 0 Å². The van der Waals surface area contributed by atoms with E-state index < -0.39 is 0 Å². The minimum atomic E-state index is 0.750. The summed E-state index contributed by atoms with van der Waals surface area (Å²) in [5.41, 5.74) is 0. The molecule has 0 radical (unpaired) electrons. The molecule has 0 aliphatic rings. The minimum Gasteiger partial charge on any atom is -0.512 e. The molecule has 0 aliphatic heterocycles. The van der Waals surface area contributed by atoms with Crippen molar-refractivity contribution in [2.24, 2.45) is 0 Å². The number of aliphatic hydroxyl groups excluding tert-OH is 1. The van der Waals surface area contributed by atoms with E-state index in [4.69, 9.17) is 22.2 Å². The fourth-order valence-corrected chi connectivity index (χ4v) is 0. The monoisotopic (exact) mass is 69.0 g/mol. The first-order valence-corrected chi connectivity index (χ1v) is 0.671. The predicted molar refractivity (Wildman–Crippen MR) is 12.5 cm³/mol. The van der Waals surface area contributed by atoms with E-state index in [9.17, 15) is 0 Å².